The number of carboxylic acid groups (broad SMARTS) is 1. The van der Waals surface area contributed by atoms with Gasteiger partial charge in [-0.2, -0.15) is 0 Å². The van der Waals surface area contributed by atoms with Crippen LogP contribution in [-0.2, 0) is 11.2 Å². The molecule has 0 amide bonds. The van der Waals surface area contributed by atoms with Crippen molar-refractivity contribution in [2.24, 2.45) is 17.8 Å². The van der Waals surface area contributed by atoms with Crippen LogP contribution in [0.4, 0.5) is 0 Å². The number of halogens is 1. The fourth-order valence-electron chi connectivity index (χ4n) is 3.10. The van der Waals surface area contributed by atoms with E-state index >= 15 is 0 Å². The van der Waals surface area contributed by atoms with Gasteiger partial charge in [-0.25, -0.2) is 0 Å². The number of aryl methyl sites for hydroxylation is 1. The summed E-state index contributed by atoms with van der Waals surface area (Å²) in [4.78, 5) is 11.0. The molecule has 21 heavy (non-hydrogen) atoms. The normalized spacial score (nSPS) is 22.0. The van der Waals surface area contributed by atoms with Gasteiger partial charge in [0, 0.05) is 5.02 Å². The first-order chi connectivity index (χ1) is 9.86. The summed E-state index contributed by atoms with van der Waals surface area (Å²) in [5.74, 6) is 0.642. The first-order valence-electron chi connectivity index (χ1n) is 7.50. The maximum atomic E-state index is 11.0. The molecule has 0 spiro atoms. The lowest BCUT2D eigenvalue weighted by atomic mass is 9.91. The average Bonchev–Trinajstić information content (AvgIpc) is 3.21. The minimum atomic E-state index is -0.671. The third kappa shape index (κ3) is 3.34. The van der Waals surface area contributed by atoms with Crippen LogP contribution in [0, 0.1) is 31.6 Å². The highest BCUT2D eigenvalue weighted by Crippen LogP contribution is 2.46. The van der Waals surface area contributed by atoms with Crippen molar-refractivity contribution in [3.63, 3.8) is 0 Å². The molecule has 0 bridgehead atoms. The summed E-state index contributed by atoms with van der Waals surface area (Å²) < 4.78 is 5.75. The van der Waals surface area contributed by atoms with Crippen LogP contribution in [0.2, 0.25) is 5.02 Å². The van der Waals surface area contributed by atoms with Gasteiger partial charge in [0.05, 0.1) is 12.5 Å². The molecule has 1 aromatic carbocycles. The zero-order valence-corrected chi connectivity index (χ0v) is 13.8. The Labute approximate surface area is 131 Å². The van der Waals surface area contributed by atoms with E-state index in [0.29, 0.717) is 12.5 Å². The maximum Gasteiger partial charge on any atom is 0.306 e. The monoisotopic (exact) mass is 310 g/mol. The lowest BCUT2D eigenvalue weighted by Crippen LogP contribution is -2.11. The van der Waals surface area contributed by atoms with Gasteiger partial charge in [-0.05, 0) is 68.2 Å². The SMILES string of the molecule is CCOc1cc(C)c(Cl)c(C)c1CC(C)C1CC1C(=O)O. The third-order valence-corrected chi connectivity index (χ3v) is 5.07. The number of rotatable bonds is 6. The van der Waals surface area contributed by atoms with Gasteiger partial charge < -0.3 is 9.84 Å². The number of carboxylic acids is 1. The van der Waals surface area contributed by atoms with Crippen LogP contribution >= 0.6 is 11.6 Å². The molecule has 1 aliphatic carbocycles. The van der Waals surface area contributed by atoms with Crippen LogP contribution < -0.4 is 4.74 Å². The summed E-state index contributed by atoms with van der Waals surface area (Å²) in [6, 6.07) is 1.99. The molecular weight excluding hydrogens is 288 g/mol. The summed E-state index contributed by atoms with van der Waals surface area (Å²) in [6.45, 7) is 8.70. The molecule has 1 N–H and O–H groups in total. The topological polar surface area (TPSA) is 46.5 Å². The standard InChI is InChI=1S/C17H23ClO3/c1-5-21-15-7-10(3)16(18)11(4)13(15)6-9(2)12-8-14(12)17(19)20/h7,9,12,14H,5-6,8H2,1-4H3,(H,19,20). The Morgan fingerprint density at radius 1 is 1.52 bits per heavy atom. The van der Waals surface area contributed by atoms with Crippen molar-refractivity contribution in [3.8, 4) is 5.75 Å². The van der Waals surface area contributed by atoms with Crippen LogP contribution in [0.1, 0.15) is 37.0 Å². The molecule has 116 valence electrons. The summed E-state index contributed by atoms with van der Waals surface area (Å²) in [5.41, 5.74) is 3.19. The van der Waals surface area contributed by atoms with E-state index in [-0.39, 0.29) is 11.8 Å². The van der Waals surface area contributed by atoms with Gasteiger partial charge in [0.1, 0.15) is 5.75 Å². The predicted octanol–water partition coefficient (Wildman–Crippen LogP) is 4.25. The van der Waals surface area contributed by atoms with E-state index in [9.17, 15) is 4.79 Å². The molecule has 1 fully saturated rings. The number of hydrogen-bond acceptors (Lipinski definition) is 2. The van der Waals surface area contributed by atoms with Crippen LogP contribution in [-0.4, -0.2) is 17.7 Å². The van der Waals surface area contributed by atoms with Gasteiger partial charge in [-0.1, -0.05) is 18.5 Å². The summed E-state index contributed by atoms with van der Waals surface area (Å²) in [7, 11) is 0. The Balaban J connectivity index is 2.22. The molecule has 0 aliphatic heterocycles. The van der Waals surface area contributed by atoms with Crippen molar-refractivity contribution in [1.29, 1.82) is 0 Å². The van der Waals surface area contributed by atoms with Gasteiger partial charge in [0.2, 0.25) is 0 Å². The highest BCUT2D eigenvalue weighted by atomic mass is 35.5. The average molecular weight is 311 g/mol. The number of aliphatic carboxylic acids is 1. The molecule has 1 saturated carbocycles. The zero-order chi connectivity index (χ0) is 15.7. The Morgan fingerprint density at radius 2 is 2.19 bits per heavy atom. The van der Waals surface area contributed by atoms with E-state index in [4.69, 9.17) is 21.4 Å². The zero-order valence-electron chi connectivity index (χ0n) is 13.1. The van der Waals surface area contributed by atoms with E-state index in [1.54, 1.807) is 0 Å². The van der Waals surface area contributed by atoms with E-state index in [0.717, 1.165) is 40.3 Å². The molecule has 3 nitrogen and oxygen atoms in total. The quantitative estimate of drug-likeness (QED) is 0.854. The Bertz CT molecular complexity index is 553. The van der Waals surface area contributed by atoms with Gasteiger partial charge in [-0.3, -0.25) is 4.79 Å². The molecule has 3 unspecified atom stereocenters. The first kappa shape index (κ1) is 16.2. The van der Waals surface area contributed by atoms with Crippen molar-refractivity contribution in [3.05, 3.63) is 27.8 Å². The number of ether oxygens (including phenoxy) is 1. The molecule has 0 saturated heterocycles. The molecule has 1 aliphatic rings. The minimum absolute atomic E-state index is 0.170. The lowest BCUT2D eigenvalue weighted by Gasteiger charge is -2.19. The highest BCUT2D eigenvalue weighted by molar-refractivity contribution is 6.32. The fourth-order valence-corrected chi connectivity index (χ4v) is 3.27. The van der Waals surface area contributed by atoms with Crippen molar-refractivity contribution in [2.45, 2.75) is 40.5 Å². The van der Waals surface area contributed by atoms with Crippen LogP contribution in [0.15, 0.2) is 6.07 Å². The summed E-state index contributed by atoms with van der Waals surface area (Å²) >= 11 is 6.36. The smallest absolute Gasteiger partial charge is 0.306 e. The number of hydrogen-bond donors (Lipinski definition) is 1. The molecule has 2 rings (SSSR count). The minimum Gasteiger partial charge on any atom is -0.494 e. The predicted molar refractivity (Wildman–Crippen MR) is 84.2 cm³/mol. The summed E-state index contributed by atoms with van der Waals surface area (Å²) in [5, 5.41) is 9.85. The van der Waals surface area contributed by atoms with Crippen molar-refractivity contribution < 1.29 is 14.6 Å². The number of benzene rings is 1. The van der Waals surface area contributed by atoms with Crippen LogP contribution in [0.3, 0.4) is 0 Å². The van der Waals surface area contributed by atoms with Gasteiger partial charge in [-0.15, -0.1) is 0 Å². The van der Waals surface area contributed by atoms with E-state index in [1.807, 2.05) is 26.8 Å². The number of carbonyl (C=O) groups is 1. The largest absolute Gasteiger partial charge is 0.494 e. The molecule has 0 heterocycles. The van der Waals surface area contributed by atoms with Crippen LogP contribution in [0.25, 0.3) is 0 Å². The second-order valence-electron chi connectivity index (χ2n) is 6.07. The van der Waals surface area contributed by atoms with Gasteiger partial charge in [0.15, 0.2) is 0 Å². The first-order valence-corrected chi connectivity index (χ1v) is 7.88. The Morgan fingerprint density at radius 3 is 2.71 bits per heavy atom. The molecule has 0 radical (unpaired) electrons. The van der Waals surface area contributed by atoms with Crippen LogP contribution in [0.5, 0.6) is 5.75 Å². The van der Waals surface area contributed by atoms with Crippen molar-refractivity contribution in [2.75, 3.05) is 6.61 Å². The second-order valence-corrected chi connectivity index (χ2v) is 6.45. The second kappa shape index (κ2) is 6.27. The molecule has 4 heteroatoms. The van der Waals surface area contributed by atoms with E-state index in [2.05, 4.69) is 6.92 Å². The molecule has 3 atom stereocenters. The Kier molecular flexibility index (Phi) is 4.82. The Hall–Kier alpha value is -1.22. The molecular formula is C17H23ClO3. The van der Waals surface area contributed by atoms with E-state index in [1.165, 1.54) is 0 Å². The summed E-state index contributed by atoms with van der Waals surface area (Å²) in [6.07, 6.45) is 1.61. The highest BCUT2D eigenvalue weighted by Gasteiger charge is 2.46. The van der Waals surface area contributed by atoms with Gasteiger partial charge in [0.25, 0.3) is 0 Å². The van der Waals surface area contributed by atoms with E-state index < -0.39 is 5.97 Å². The fraction of sp³-hybridized carbons (Fsp3) is 0.588. The lowest BCUT2D eigenvalue weighted by molar-refractivity contribution is -0.139. The molecule has 0 aromatic heterocycles. The van der Waals surface area contributed by atoms with Crippen molar-refractivity contribution in [1.82, 2.24) is 0 Å². The maximum absolute atomic E-state index is 11.0. The molecule has 1 aromatic rings. The third-order valence-electron chi connectivity index (χ3n) is 4.49. The van der Waals surface area contributed by atoms with Crippen molar-refractivity contribution >= 4 is 17.6 Å². The van der Waals surface area contributed by atoms with Gasteiger partial charge >= 0.3 is 5.97 Å².